The number of nitrogens with two attached hydrogens (primary N) is 1. The topological polar surface area (TPSA) is 35.2 Å². The third-order valence-electron chi connectivity index (χ3n) is 3.94. The molecule has 1 aliphatic carbocycles. The first-order valence-electron chi connectivity index (χ1n) is 6.60. The zero-order valence-corrected chi connectivity index (χ0v) is 10.9. The van der Waals surface area contributed by atoms with Crippen molar-refractivity contribution in [3.63, 3.8) is 0 Å². The molecule has 1 saturated carbocycles. The Balaban J connectivity index is 2.00. The molecule has 2 nitrogen and oxygen atoms in total. The lowest BCUT2D eigenvalue weighted by molar-refractivity contribution is 0.410. The summed E-state index contributed by atoms with van der Waals surface area (Å²) in [6, 6.07) is 6.71. The summed E-state index contributed by atoms with van der Waals surface area (Å²) in [5.41, 5.74) is 8.83. The van der Waals surface area contributed by atoms with Gasteiger partial charge in [-0.15, -0.1) is 0 Å². The molecule has 1 fully saturated rings. The fourth-order valence-corrected chi connectivity index (χ4v) is 2.89. The largest absolute Gasteiger partial charge is 0.496 e. The predicted octanol–water partition coefficient (Wildman–Crippen LogP) is 3.06. The summed E-state index contributed by atoms with van der Waals surface area (Å²) in [7, 11) is 1.71. The van der Waals surface area contributed by atoms with Crippen LogP contribution in [0.1, 0.15) is 36.8 Å². The van der Waals surface area contributed by atoms with Crippen molar-refractivity contribution < 1.29 is 4.74 Å². The predicted molar refractivity (Wildman–Crippen MR) is 71.4 cm³/mol. The van der Waals surface area contributed by atoms with Crippen molar-refractivity contribution in [2.75, 3.05) is 7.11 Å². The monoisotopic (exact) mass is 233 g/mol. The molecule has 1 aliphatic rings. The maximum atomic E-state index is 6.30. The van der Waals surface area contributed by atoms with Crippen molar-refractivity contribution in [1.82, 2.24) is 0 Å². The zero-order valence-electron chi connectivity index (χ0n) is 10.9. The molecule has 1 unspecified atom stereocenters. The van der Waals surface area contributed by atoms with E-state index in [-0.39, 0.29) is 0 Å². The first-order chi connectivity index (χ1) is 8.20. The Bertz CT molecular complexity index is 369. The Morgan fingerprint density at radius 2 is 2.06 bits per heavy atom. The van der Waals surface area contributed by atoms with Crippen molar-refractivity contribution in [3.8, 4) is 5.75 Å². The van der Waals surface area contributed by atoms with Gasteiger partial charge >= 0.3 is 0 Å². The van der Waals surface area contributed by atoms with Crippen LogP contribution in [-0.4, -0.2) is 13.2 Å². The van der Waals surface area contributed by atoms with E-state index >= 15 is 0 Å². The van der Waals surface area contributed by atoms with Gasteiger partial charge in [0.05, 0.1) is 7.11 Å². The molecule has 0 aliphatic heterocycles. The van der Waals surface area contributed by atoms with E-state index in [1.807, 2.05) is 6.07 Å². The van der Waals surface area contributed by atoms with Crippen LogP contribution >= 0.6 is 0 Å². The Kier molecular flexibility index (Phi) is 4.06. The average Bonchev–Trinajstić information content (AvgIpc) is 2.82. The molecule has 0 spiro atoms. The normalized spacial score (nSPS) is 18.3. The highest BCUT2D eigenvalue weighted by Crippen LogP contribution is 2.28. The van der Waals surface area contributed by atoms with Crippen LogP contribution in [0.2, 0.25) is 0 Å². The first kappa shape index (κ1) is 12.4. The molecule has 2 N–H and O–H groups in total. The van der Waals surface area contributed by atoms with E-state index in [1.165, 1.54) is 36.8 Å². The quantitative estimate of drug-likeness (QED) is 0.867. The van der Waals surface area contributed by atoms with Crippen molar-refractivity contribution in [2.45, 2.75) is 45.1 Å². The summed E-state index contributed by atoms with van der Waals surface area (Å²) in [5, 5.41) is 0. The van der Waals surface area contributed by atoms with Crippen molar-refractivity contribution in [3.05, 3.63) is 29.3 Å². The van der Waals surface area contributed by atoms with Gasteiger partial charge in [0.15, 0.2) is 0 Å². The van der Waals surface area contributed by atoms with Crippen LogP contribution < -0.4 is 10.5 Å². The first-order valence-corrected chi connectivity index (χ1v) is 6.60. The Labute approximate surface area is 104 Å². The molecule has 0 heterocycles. The number of ether oxygens (including phenoxy) is 1. The van der Waals surface area contributed by atoms with Gasteiger partial charge in [0, 0.05) is 6.04 Å². The van der Waals surface area contributed by atoms with Gasteiger partial charge in [-0.2, -0.15) is 0 Å². The number of hydrogen-bond acceptors (Lipinski definition) is 2. The molecular weight excluding hydrogens is 210 g/mol. The number of aryl methyl sites for hydroxylation is 1. The van der Waals surface area contributed by atoms with Crippen molar-refractivity contribution in [1.29, 1.82) is 0 Å². The molecule has 94 valence electrons. The third kappa shape index (κ3) is 3.01. The summed E-state index contributed by atoms with van der Waals surface area (Å²) in [6.45, 7) is 2.09. The van der Waals surface area contributed by atoms with E-state index < -0.39 is 0 Å². The summed E-state index contributed by atoms with van der Waals surface area (Å²) in [5.74, 6) is 1.69. The lowest BCUT2D eigenvalue weighted by Gasteiger charge is -2.19. The van der Waals surface area contributed by atoms with Gasteiger partial charge in [-0.1, -0.05) is 25.0 Å². The molecule has 1 aromatic rings. The number of methoxy groups -OCH3 is 1. The van der Waals surface area contributed by atoms with E-state index in [0.717, 1.165) is 18.1 Å². The van der Waals surface area contributed by atoms with Crippen LogP contribution in [0.15, 0.2) is 18.2 Å². The molecule has 1 atom stereocenters. The average molecular weight is 233 g/mol. The standard InChI is InChI=1S/C15H23NO/c1-11-9-12(7-8-15(11)17-2)10-14(16)13-5-3-4-6-13/h7-9,13-14H,3-6,10,16H2,1-2H3. The fraction of sp³-hybridized carbons (Fsp3) is 0.600. The summed E-state index contributed by atoms with van der Waals surface area (Å²) >= 11 is 0. The highest BCUT2D eigenvalue weighted by molar-refractivity contribution is 5.36. The Morgan fingerprint density at radius 1 is 1.35 bits per heavy atom. The van der Waals surface area contributed by atoms with Crippen LogP contribution in [0.5, 0.6) is 5.75 Å². The smallest absolute Gasteiger partial charge is 0.121 e. The van der Waals surface area contributed by atoms with Crippen LogP contribution in [0.25, 0.3) is 0 Å². The van der Waals surface area contributed by atoms with E-state index in [1.54, 1.807) is 7.11 Å². The van der Waals surface area contributed by atoms with Crippen LogP contribution in [0.3, 0.4) is 0 Å². The second-order valence-corrected chi connectivity index (χ2v) is 5.22. The van der Waals surface area contributed by atoms with Gasteiger partial charge in [0.2, 0.25) is 0 Å². The second kappa shape index (κ2) is 5.54. The number of benzene rings is 1. The van der Waals surface area contributed by atoms with Crippen LogP contribution in [0.4, 0.5) is 0 Å². The van der Waals surface area contributed by atoms with Crippen LogP contribution in [-0.2, 0) is 6.42 Å². The molecule has 0 radical (unpaired) electrons. The number of hydrogen-bond donors (Lipinski definition) is 1. The molecule has 2 heteroatoms. The maximum Gasteiger partial charge on any atom is 0.121 e. The Hall–Kier alpha value is -1.02. The highest BCUT2D eigenvalue weighted by Gasteiger charge is 2.22. The van der Waals surface area contributed by atoms with Gasteiger partial charge in [0.1, 0.15) is 5.75 Å². The lowest BCUT2D eigenvalue weighted by atomic mass is 9.92. The molecular formula is C15H23NO. The number of rotatable bonds is 4. The van der Waals surface area contributed by atoms with Gasteiger partial charge in [-0.05, 0) is 49.3 Å². The highest BCUT2D eigenvalue weighted by atomic mass is 16.5. The van der Waals surface area contributed by atoms with Gasteiger partial charge in [-0.3, -0.25) is 0 Å². The van der Waals surface area contributed by atoms with E-state index in [4.69, 9.17) is 10.5 Å². The minimum absolute atomic E-state index is 0.324. The SMILES string of the molecule is COc1ccc(CC(N)C2CCCC2)cc1C. The third-order valence-corrected chi connectivity index (χ3v) is 3.94. The van der Waals surface area contributed by atoms with Crippen molar-refractivity contribution >= 4 is 0 Å². The minimum Gasteiger partial charge on any atom is -0.496 e. The molecule has 0 saturated heterocycles. The van der Waals surface area contributed by atoms with Gasteiger partial charge in [-0.25, -0.2) is 0 Å². The second-order valence-electron chi connectivity index (χ2n) is 5.22. The molecule has 1 aromatic carbocycles. The summed E-state index contributed by atoms with van der Waals surface area (Å²) in [6.07, 6.45) is 6.35. The van der Waals surface area contributed by atoms with Gasteiger partial charge in [0.25, 0.3) is 0 Å². The molecule has 2 rings (SSSR count). The molecule has 0 amide bonds. The maximum absolute atomic E-state index is 6.30. The van der Waals surface area contributed by atoms with Crippen LogP contribution in [0, 0.1) is 12.8 Å². The fourth-order valence-electron chi connectivity index (χ4n) is 2.89. The zero-order chi connectivity index (χ0) is 12.3. The molecule has 17 heavy (non-hydrogen) atoms. The van der Waals surface area contributed by atoms with E-state index in [2.05, 4.69) is 19.1 Å². The molecule has 0 aromatic heterocycles. The van der Waals surface area contributed by atoms with Gasteiger partial charge < -0.3 is 10.5 Å². The summed E-state index contributed by atoms with van der Waals surface area (Å²) in [4.78, 5) is 0. The minimum atomic E-state index is 0.324. The molecule has 0 bridgehead atoms. The summed E-state index contributed by atoms with van der Waals surface area (Å²) < 4.78 is 5.27. The van der Waals surface area contributed by atoms with Crippen molar-refractivity contribution in [2.24, 2.45) is 11.7 Å². The lowest BCUT2D eigenvalue weighted by Crippen LogP contribution is -2.30. The Morgan fingerprint density at radius 3 is 2.65 bits per heavy atom. The van der Waals surface area contributed by atoms with E-state index in [0.29, 0.717) is 6.04 Å². The van der Waals surface area contributed by atoms with E-state index in [9.17, 15) is 0 Å².